The number of esters is 1. The van der Waals surface area contributed by atoms with E-state index < -0.39 is 0 Å². The van der Waals surface area contributed by atoms with E-state index in [2.05, 4.69) is 18.7 Å². The molecule has 128 valence electrons. The first-order chi connectivity index (χ1) is 11.0. The van der Waals surface area contributed by atoms with Gasteiger partial charge in [0.05, 0.1) is 19.3 Å². The van der Waals surface area contributed by atoms with Crippen molar-refractivity contribution in [1.29, 1.82) is 0 Å². The number of hydrogen-bond acceptors (Lipinski definition) is 5. The number of rotatable bonds is 6. The fraction of sp³-hybridized carbons (Fsp3) is 0.611. The summed E-state index contributed by atoms with van der Waals surface area (Å²) in [6, 6.07) is 5.33. The van der Waals surface area contributed by atoms with E-state index in [9.17, 15) is 4.79 Å². The van der Waals surface area contributed by atoms with Crippen molar-refractivity contribution in [2.75, 3.05) is 40.0 Å². The molecule has 0 saturated carbocycles. The Balaban J connectivity index is 1.86. The number of methoxy groups -OCH3 is 1. The second-order valence-corrected chi connectivity index (χ2v) is 6.43. The Labute approximate surface area is 138 Å². The number of carbonyl (C=O) groups is 1. The van der Waals surface area contributed by atoms with Crippen LogP contribution in [0, 0.1) is 12.8 Å². The van der Waals surface area contributed by atoms with Crippen molar-refractivity contribution in [3.05, 3.63) is 29.3 Å². The molecule has 1 aromatic carbocycles. The van der Waals surface area contributed by atoms with E-state index in [-0.39, 0.29) is 18.7 Å². The van der Waals surface area contributed by atoms with Gasteiger partial charge in [-0.2, -0.15) is 0 Å². The van der Waals surface area contributed by atoms with Crippen LogP contribution in [0.1, 0.15) is 29.8 Å². The van der Waals surface area contributed by atoms with Gasteiger partial charge in [-0.25, -0.2) is 4.79 Å². The Hall–Kier alpha value is -1.59. The van der Waals surface area contributed by atoms with Crippen LogP contribution in [0.25, 0.3) is 0 Å². The SMILES string of the molecule is COc1cc(C(=O)OCC2CN(CC(C)C)CCO2)ccc1C. The number of benzene rings is 1. The molecule has 0 N–H and O–H groups in total. The molecule has 1 aromatic rings. The minimum Gasteiger partial charge on any atom is -0.496 e. The summed E-state index contributed by atoms with van der Waals surface area (Å²) < 4.78 is 16.4. The van der Waals surface area contributed by atoms with E-state index in [1.54, 1.807) is 19.2 Å². The molecule has 1 heterocycles. The fourth-order valence-electron chi connectivity index (χ4n) is 2.76. The number of carbonyl (C=O) groups excluding carboxylic acids is 1. The zero-order valence-corrected chi connectivity index (χ0v) is 14.5. The van der Waals surface area contributed by atoms with E-state index in [4.69, 9.17) is 14.2 Å². The molecule has 1 fully saturated rings. The van der Waals surface area contributed by atoms with Crippen molar-refractivity contribution in [2.45, 2.75) is 26.9 Å². The van der Waals surface area contributed by atoms with Crippen LogP contribution in [-0.4, -0.2) is 56.9 Å². The molecule has 1 unspecified atom stereocenters. The predicted molar refractivity (Wildman–Crippen MR) is 89.0 cm³/mol. The topological polar surface area (TPSA) is 48.0 Å². The lowest BCUT2D eigenvalue weighted by Crippen LogP contribution is -2.45. The smallest absolute Gasteiger partial charge is 0.338 e. The van der Waals surface area contributed by atoms with Crippen LogP contribution in [-0.2, 0) is 9.47 Å². The first-order valence-electron chi connectivity index (χ1n) is 8.15. The van der Waals surface area contributed by atoms with Gasteiger partial charge in [0.1, 0.15) is 18.5 Å². The molecule has 5 nitrogen and oxygen atoms in total. The summed E-state index contributed by atoms with van der Waals surface area (Å²) in [4.78, 5) is 14.5. The van der Waals surface area contributed by atoms with Gasteiger partial charge in [-0.1, -0.05) is 19.9 Å². The fourth-order valence-corrected chi connectivity index (χ4v) is 2.76. The van der Waals surface area contributed by atoms with Crippen LogP contribution in [0.3, 0.4) is 0 Å². The number of morpholine rings is 1. The van der Waals surface area contributed by atoms with Gasteiger partial charge in [0.25, 0.3) is 0 Å². The molecule has 5 heteroatoms. The van der Waals surface area contributed by atoms with Crippen LogP contribution < -0.4 is 4.74 Å². The Morgan fingerprint density at radius 2 is 2.22 bits per heavy atom. The van der Waals surface area contributed by atoms with Crippen molar-refractivity contribution in [2.24, 2.45) is 5.92 Å². The lowest BCUT2D eigenvalue weighted by molar-refractivity contribution is -0.0612. The summed E-state index contributed by atoms with van der Waals surface area (Å²) in [5.74, 6) is 0.973. The summed E-state index contributed by atoms with van der Waals surface area (Å²) in [5, 5.41) is 0. The zero-order valence-electron chi connectivity index (χ0n) is 14.5. The molecular formula is C18H27NO4. The Morgan fingerprint density at radius 3 is 2.91 bits per heavy atom. The van der Waals surface area contributed by atoms with Crippen molar-refractivity contribution in [1.82, 2.24) is 4.90 Å². The second-order valence-electron chi connectivity index (χ2n) is 6.43. The van der Waals surface area contributed by atoms with Gasteiger partial charge in [-0.05, 0) is 30.5 Å². The monoisotopic (exact) mass is 321 g/mol. The van der Waals surface area contributed by atoms with E-state index in [1.807, 2.05) is 13.0 Å². The van der Waals surface area contributed by atoms with Crippen LogP contribution in [0.2, 0.25) is 0 Å². The second kappa shape index (κ2) is 8.31. The van der Waals surface area contributed by atoms with E-state index in [1.165, 1.54) is 0 Å². The third kappa shape index (κ3) is 5.22. The highest BCUT2D eigenvalue weighted by Gasteiger charge is 2.22. The highest BCUT2D eigenvalue weighted by atomic mass is 16.6. The first-order valence-corrected chi connectivity index (χ1v) is 8.15. The Bertz CT molecular complexity index is 530. The van der Waals surface area contributed by atoms with Crippen molar-refractivity contribution >= 4 is 5.97 Å². The molecule has 1 aliphatic rings. The minimum atomic E-state index is -0.340. The van der Waals surface area contributed by atoms with Crippen LogP contribution in [0.4, 0.5) is 0 Å². The van der Waals surface area contributed by atoms with Gasteiger partial charge >= 0.3 is 5.97 Å². The molecule has 1 atom stereocenters. The van der Waals surface area contributed by atoms with Gasteiger partial charge < -0.3 is 14.2 Å². The van der Waals surface area contributed by atoms with Crippen molar-refractivity contribution < 1.29 is 19.0 Å². The molecule has 1 aliphatic heterocycles. The predicted octanol–water partition coefficient (Wildman–Crippen LogP) is 2.52. The Morgan fingerprint density at radius 1 is 1.43 bits per heavy atom. The molecule has 2 rings (SSSR count). The molecule has 0 amide bonds. The summed E-state index contributed by atoms with van der Waals surface area (Å²) in [7, 11) is 1.59. The molecular weight excluding hydrogens is 294 g/mol. The van der Waals surface area contributed by atoms with Crippen molar-refractivity contribution in [3.63, 3.8) is 0 Å². The van der Waals surface area contributed by atoms with E-state index in [0.717, 1.165) is 25.2 Å². The average molecular weight is 321 g/mol. The minimum absolute atomic E-state index is 0.0567. The highest BCUT2D eigenvalue weighted by molar-refractivity contribution is 5.90. The maximum absolute atomic E-state index is 12.2. The molecule has 0 bridgehead atoms. The standard InChI is InChI=1S/C18H27NO4/c1-13(2)10-19-7-8-22-16(11-19)12-23-18(20)15-6-5-14(3)17(9-15)21-4/h5-6,9,13,16H,7-8,10-12H2,1-4H3. The molecule has 0 aromatic heterocycles. The molecule has 23 heavy (non-hydrogen) atoms. The number of aryl methyl sites for hydroxylation is 1. The molecule has 0 radical (unpaired) electrons. The summed E-state index contributed by atoms with van der Waals surface area (Å²) in [6.07, 6.45) is -0.0567. The summed E-state index contributed by atoms with van der Waals surface area (Å²) >= 11 is 0. The third-order valence-electron chi connectivity index (χ3n) is 3.89. The lowest BCUT2D eigenvalue weighted by Gasteiger charge is -2.33. The molecule has 0 spiro atoms. The number of ether oxygens (including phenoxy) is 3. The van der Waals surface area contributed by atoms with E-state index >= 15 is 0 Å². The van der Waals surface area contributed by atoms with Gasteiger partial charge in [0.2, 0.25) is 0 Å². The van der Waals surface area contributed by atoms with Crippen molar-refractivity contribution in [3.8, 4) is 5.75 Å². The largest absolute Gasteiger partial charge is 0.496 e. The number of hydrogen-bond donors (Lipinski definition) is 0. The third-order valence-corrected chi connectivity index (χ3v) is 3.89. The quantitative estimate of drug-likeness (QED) is 0.754. The molecule has 0 aliphatic carbocycles. The van der Waals surface area contributed by atoms with Gasteiger partial charge in [0, 0.05) is 19.6 Å². The number of nitrogens with zero attached hydrogens (tertiary/aromatic N) is 1. The van der Waals surface area contributed by atoms with E-state index in [0.29, 0.717) is 23.8 Å². The summed E-state index contributed by atoms with van der Waals surface area (Å²) in [6.45, 7) is 10.1. The van der Waals surface area contributed by atoms with Crippen LogP contribution >= 0.6 is 0 Å². The molecule has 1 saturated heterocycles. The average Bonchev–Trinajstić information content (AvgIpc) is 2.53. The maximum Gasteiger partial charge on any atom is 0.338 e. The van der Waals surface area contributed by atoms with Crippen LogP contribution in [0.5, 0.6) is 5.75 Å². The van der Waals surface area contributed by atoms with Crippen LogP contribution in [0.15, 0.2) is 18.2 Å². The zero-order chi connectivity index (χ0) is 16.8. The normalized spacial score (nSPS) is 18.9. The summed E-state index contributed by atoms with van der Waals surface area (Å²) in [5.41, 5.74) is 1.49. The Kier molecular flexibility index (Phi) is 6.42. The lowest BCUT2D eigenvalue weighted by atomic mass is 10.1. The highest BCUT2D eigenvalue weighted by Crippen LogP contribution is 2.19. The van der Waals surface area contributed by atoms with Gasteiger partial charge in [-0.3, -0.25) is 4.90 Å². The van der Waals surface area contributed by atoms with Gasteiger partial charge in [-0.15, -0.1) is 0 Å². The first kappa shape index (κ1) is 17.8. The maximum atomic E-state index is 12.2. The van der Waals surface area contributed by atoms with Gasteiger partial charge in [0.15, 0.2) is 0 Å².